The number of carbonyl (C=O) groups is 2. The molecule has 6 nitrogen and oxygen atoms in total. The molecule has 0 radical (unpaired) electrons. The van der Waals surface area contributed by atoms with E-state index >= 15 is 0 Å². The van der Waals surface area contributed by atoms with E-state index in [2.05, 4.69) is 35.4 Å². The SMILES string of the molecule is Cc1cccc([C@H]2CC(c3ccc(Cl)cc3)=NN2C2=NC(=O)[C@H](CC(=O)Nc3ccccc3)S2)c1. The van der Waals surface area contributed by atoms with Gasteiger partial charge in [0.15, 0.2) is 5.17 Å². The van der Waals surface area contributed by atoms with E-state index in [-0.39, 0.29) is 24.3 Å². The van der Waals surface area contributed by atoms with E-state index < -0.39 is 5.25 Å². The van der Waals surface area contributed by atoms with Crippen LogP contribution in [0.4, 0.5) is 5.69 Å². The third kappa shape index (κ3) is 5.31. The molecule has 1 N–H and O–H groups in total. The molecule has 0 unspecified atom stereocenters. The molecule has 0 aliphatic carbocycles. The maximum absolute atomic E-state index is 12.7. The van der Waals surface area contributed by atoms with Crippen LogP contribution in [-0.4, -0.2) is 33.0 Å². The van der Waals surface area contributed by atoms with E-state index in [1.54, 1.807) is 0 Å². The number of aryl methyl sites for hydroxylation is 1. The number of hydrogen-bond acceptors (Lipinski definition) is 5. The van der Waals surface area contributed by atoms with Gasteiger partial charge in [0, 0.05) is 23.6 Å². The number of halogens is 1. The summed E-state index contributed by atoms with van der Waals surface area (Å²) < 4.78 is 0. The Morgan fingerprint density at radius 1 is 1.09 bits per heavy atom. The molecule has 2 aliphatic heterocycles. The fraction of sp³-hybridized carbons (Fsp3) is 0.185. The van der Waals surface area contributed by atoms with Crippen molar-refractivity contribution in [3.63, 3.8) is 0 Å². The second-order valence-electron chi connectivity index (χ2n) is 8.49. The summed E-state index contributed by atoms with van der Waals surface area (Å²) in [6.07, 6.45) is 0.708. The van der Waals surface area contributed by atoms with E-state index in [0.717, 1.165) is 22.4 Å². The predicted octanol–water partition coefficient (Wildman–Crippen LogP) is 5.83. The lowest BCUT2D eigenvalue weighted by molar-refractivity contribution is -0.121. The number of para-hydroxylation sites is 1. The first-order valence-electron chi connectivity index (χ1n) is 11.3. The topological polar surface area (TPSA) is 74.1 Å². The van der Waals surface area contributed by atoms with Gasteiger partial charge in [0.05, 0.1) is 11.8 Å². The Hall–Kier alpha value is -3.42. The van der Waals surface area contributed by atoms with Gasteiger partial charge in [0.2, 0.25) is 5.91 Å². The standard InChI is InChI=1S/C27H23ClN4O2S/c1-17-6-5-7-19(14-17)23-15-22(18-10-12-20(28)13-11-18)31-32(23)27-30-26(34)24(35-27)16-25(33)29-21-8-3-2-4-9-21/h2-14,23-24H,15-16H2,1H3,(H,29,33)/t23-,24+/m1/s1. The molecular formula is C27H23ClN4O2S. The van der Waals surface area contributed by atoms with Gasteiger partial charge in [-0.2, -0.15) is 10.1 Å². The van der Waals surface area contributed by atoms with Crippen molar-refractivity contribution in [2.45, 2.75) is 31.1 Å². The highest BCUT2D eigenvalue weighted by molar-refractivity contribution is 8.15. The summed E-state index contributed by atoms with van der Waals surface area (Å²) >= 11 is 7.37. The van der Waals surface area contributed by atoms with Crippen molar-refractivity contribution >= 4 is 51.7 Å². The highest BCUT2D eigenvalue weighted by Crippen LogP contribution is 2.39. The fourth-order valence-corrected chi connectivity index (χ4v) is 5.33. The Balaban J connectivity index is 1.37. The van der Waals surface area contributed by atoms with Gasteiger partial charge in [-0.05, 0) is 42.3 Å². The molecule has 0 spiro atoms. The van der Waals surface area contributed by atoms with Gasteiger partial charge < -0.3 is 5.32 Å². The zero-order valence-corrected chi connectivity index (χ0v) is 20.6. The van der Waals surface area contributed by atoms with Crippen LogP contribution >= 0.6 is 23.4 Å². The van der Waals surface area contributed by atoms with E-state index in [0.29, 0.717) is 22.3 Å². The van der Waals surface area contributed by atoms with Gasteiger partial charge in [-0.25, -0.2) is 5.01 Å². The van der Waals surface area contributed by atoms with E-state index in [4.69, 9.17) is 16.7 Å². The number of amides is 2. The van der Waals surface area contributed by atoms with Gasteiger partial charge in [-0.1, -0.05) is 83.5 Å². The quantitative estimate of drug-likeness (QED) is 0.476. The highest BCUT2D eigenvalue weighted by atomic mass is 35.5. The maximum Gasteiger partial charge on any atom is 0.262 e. The van der Waals surface area contributed by atoms with Crippen molar-refractivity contribution in [1.29, 1.82) is 0 Å². The van der Waals surface area contributed by atoms with Crippen LogP contribution in [0.3, 0.4) is 0 Å². The van der Waals surface area contributed by atoms with E-state index in [1.165, 1.54) is 11.8 Å². The zero-order chi connectivity index (χ0) is 24.4. The van der Waals surface area contributed by atoms with Crippen molar-refractivity contribution in [1.82, 2.24) is 5.01 Å². The van der Waals surface area contributed by atoms with Crippen LogP contribution in [0.1, 0.15) is 35.6 Å². The Morgan fingerprint density at radius 2 is 1.86 bits per heavy atom. The zero-order valence-electron chi connectivity index (χ0n) is 19.0. The predicted molar refractivity (Wildman–Crippen MR) is 142 cm³/mol. The highest BCUT2D eigenvalue weighted by Gasteiger charge is 2.39. The molecule has 2 atom stereocenters. The summed E-state index contributed by atoms with van der Waals surface area (Å²) in [4.78, 5) is 29.6. The van der Waals surface area contributed by atoms with Crippen LogP contribution in [0.15, 0.2) is 89.0 Å². The van der Waals surface area contributed by atoms with Gasteiger partial charge in [-0.3, -0.25) is 9.59 Å². The number of rotatable bonds is 5. The van der Waals surface area contributed by atoms with Crippen molar-refractivity contribution in [3.8, 4) is 0 Å². The molecule has 0 fully saturated rings. The van der Waals surface area contributed by atoms with Gasteiger partial charge >= 0.3 is 0 Å². The Kier molecular flexibility index (Phi) is 6.70. The molecule has 3 aromatic rings. The van der Waals surface area contributed by atoms with Crippen LogP contribution in [0, 0.1) is 6.92 Å². The monoisotopic (exact) mass is 502 g/mol. The Bertz CT molecular complexity index is 1320. The molecule has 2 amide bonds. The van der Waals surface area contributed by atoms with Crippen LogP contribution in [0.25, 0.3) is 0 Å². The van der Waals surface area contributed by atoms with E-state index in [9.17, 15) is 9.59 Å². The number of anilines is 1. The molecule has 0 bridgehead atoms. The summed E-state index contributed by atoms with van der Waals surface area (Å²) in [6.45, 7) is 2.05. The van der Waals surface area contributed by atoms with E-state index in [1.807, 2.05) is 65.7 Å². The number of hydrazone groups is 1. The number of nitrogens with one attached hydrogen (secondary N) is 1. The third-order valence-corrected chi connectivity index (χ3v) is 7.26. The summed E-state index contributed by atoms with van der Waals surface area (Å²) in [6, 6.07) is 25.0. The molecule has 3 aromatic carbocycles. The molecule has 35 heavy (non-hydrogen) atoms. The molecule has 0 aromatic heterocycles. The molecule has 8 heteroatoms. The Morgan fingerprint density at radius 3 is 2.60 bits per heavy atom. The first-order chi connectivity index (χ1) is 17.0. The number of aliphatic imine (C=N–C) groups is 1. The van der Waals surface area contributed by atoms with Crippen molar-refractivity contribution < 1.29 is 9.59 Å². The second-order valence-corrected chi connectivity index (χ2v) is 10.1. The van der Waals surface area contributed by atoms with Crippen LogP contribution in [-0.2, 0) is 9.59 Å². The minimum absolute atomic E-state index is 0.0438. The number of thioether (sulfide) groups is 1. The average Bonchev–Trinajstić information content (AvgIpc) is 3.44. The minimum Gasteiger partial charge on any atom is -0.326 e. The maximum atomic E-state index is 12.7. The van der Waals surface area contributed by atoms with Crippen molar-refractivity contribution in [2.24, 2.45) is 10.1 Å². The normalized spacial score (nSPS) is 19.5. The molecule has 2 aliphatic rings. The Labute approximate surface area is 213 Å². The lowest BCUT2D eigenvalue weighted by Crippen LogP contribution is -2.25. The first-order valence-corrected chi connectivity index (χ1v) is 12.6. The fourth-order valence-electron chi connectivity index (χ4n) is 4.15. The molecule has 5 rings (SSSR count). The minimum atomic E-state index is -0.582. The van der Waals surface area contributed by atoms with Gasteiger partial charge in [0.25, 0.3) is 5.91 Å². The first kappa shape index (κ1) is 23.3. The lowest BCUT2D eigenvalue weighted by atomic mass is 9.97. The van der Waals surface area contributed by atoms with Crippen LogP contribution < -0.4 is 5.32 Å². The number of hydrogen-bond donors (Lipinski definition) is 1. The number of carbonyl (C=O) groups excluding carboxylic acids is 2. The summed E-state index contributed by atoms with van der Waals surface area (Å²) in [5.41, 5.74) is 4.82. The summed E-state index contributed by atoms with van der Waals surface area (Å²) in [5.74, 6) is -0.535. The molecule has 0 saturated carbocycles. The van der Waals surface area contributed by atoms with Gasteiger partial charge in [0.1, 0.15) is 5.25 Å². The molecule has 0 saturated heterocycles. The lowest BCUT2D eigenvalue weighted by Gasteiger charge is -2.23. The van der Waals surface area contributed by atoms with Crippen molar-refractivity contribution in [3.05, 3.63) is 101 Å². The largest absolute Gasteiger partial charge is 0.326 e. The third-order valence-electron chi connectivity index (χ3n) is 5.87. The molecule has 176 valence electrons. The second kappa shape index (κ2) is 10.1. The average molecular weight is 503 g/mol. The van der Waals surface area contributed by atoms with Gasteiger partial charge in [-0.15, -0.1) is 0 Å². The number of benzene rings is 3. The summed E-state index contributed by atoms with van der Waals surface area (Å²) in [7, 11) is 0. The number of amidine groups is 1. The molecular weight excluding hydrogens is 480 g/mol. The van der Waals surface area contributed by atoms with Crippen LogP contribution in [0.2, 0.25) is 5.02 Å². The molecule has 2 heterocycles. The van der Waals surface area contributed by atoms with Crippen LogP contribution in [0.5, 0.6) is 0 Å². The van der Waals surface area contributed by atoms with Crippen molar-refractivity contribution in [2.75, 3.05) is 5.32 Å². The smallest absolute Gasteiger partial charge is 0.262 e. The summed E-state index contributed by atoms with van der Waals surface area (Å²) in [5, 5.41) is 10.1. The number of nitrogens with zero attached hydrogens (tertiary/aromatic N) is 3.